The molecule has 0 aromatic rings. The Morgan fingerprint density at radius 1 is 1.00 bits per heavy atom. The van der Waals surface area contributed by atoms with E-state index in [1.54, 1.807) is 0 Å². The lowest BCUT2D eigenvalue weighted by atomic mass is 10.1. The van der Waals surface area contributed by atoms with Crippen LogP contribution in [0.15, 0.2) is 0 Å². The molecule has 0 bridgehead atoms. The van der Waals surface area contributed by atoms with Gasteiger partial charge in [0.15, 0.2) is 6.10 Å². The van der Waals surface area contributed by atoms with E-state index in [0.29, 0.717) is 6.54 Å². The van der Waals surface area contributed by atoms with Gasteiger partial charge in [-0.1, -0.05) is 51.9 Å². The number of unbranched alkanes of at least 4 members (excludes halogenated alkanes) is 7. The fourth-order valence-corrected chi connectivity index (χ4v) is 1.85. The number of aliphatic hydroxyl groups is 3. The van der Waals surface area contributed by atoms with Crippen molar-refractivity contribution in [2.24, 2.45) is 0 Å². The van der Waals surface area contributed by atoms with Gasteiger partial charge in [0.25, 0.3) is 5.91 Å². The largest absolute Gasteiger partial charge is 0.394 e. The van der Waals surface area contributed by atoms with Gasteiger partial charge in [-0.3, -0.25) is 4.79 Å². The molecule has 0 saturated heterocycles. The highest BCUT2D eigenvalue weighted by Gasteiger charge is 2.22. The molecule has 0 aromatic heterocycles. The topological polar surface area (TPSA) is 89.8 Å². The zero-order valence-electron chi connectivity index (χ0n) is 12.0. The summed E-state index contributed by atoms with van der Waals surface area (Å²) in [4.78, 5) is 11.3. The number of carbonyl (C=O) groups excluding carboxylic acids is 1. The van der Waals surface area contributed by atoms with Gasteiger partial charge >= 0.3 is 0 Å². The van der Waals surface area contributed by atoms with E-state index < -0.39 is 24.7 Å². The Morgan fingerprint density at radius 3 is 2.05 bits per heavy atom. The molecule has 0 rings (SSSR count). The zero-order chi connectivity index (χ0) is 14.5. The van der Waals surface area contributed by atoms with Gasteiger partial charge in [0.1, 0.15) is 6.10 Å². The first-order valence-corrected chi connectivity index (χ1v) is 7.38. The molecule has 2 atom stereocenters. The molecule has 19 heavy (non-hydrogen) atoms. The fourth-order valence-electron chi connectivity index (χ4n) is 1.85. The average molecular weight is 275 g/mol. The van der Waals surface area contributed by atoms with Gasteiger partial charge in [-0.25, -0.2) is 0 Å². The predicted molar refractivity (Wildman–Crippen MR) is 74.7 cm³/mol. The summed E-state index contributed by atoms with van der Waals surface area (Å²) in [5, 5.41) is 29.5. The maximum Gasteiger partial charge on any atom is 0.251 e. The van der Waals surface area contributed by atoms with Crippen LogP contribution >= 0.6 is 0 Å². The number of rotatable bonds is 12. The van der Waals surface area contributed by atoms with Crippen LogP contribution < -0.4 is 5.32 Å². The SMILES string of the molecule is CCCCCCCCCCNC(=O)[C@H](O)[C@H](O)CO. The molecule has 0 unspecified atom stereocenters. The van der Waals surface area contributed by atoms with E-state index in [-0.39, 0.29) is 0 Å². The highest BCUT2D eigenvalue weighted by Crippen LogP contribution is 2.07. The second-order valence-electron chi connectivity index (χ2n) is 4.96. The summed E-state index contributed by atoms with van der Waals surface area (Å²) in [6, 6.07) is 0. The molecule has 4 N–H and O–H groups in total. The quantitative estimate of drug-likeness (QED) is 0.399. The van der Waals surface area contributed by atoms with Crippen molar-refractivity contribution in [2.75, 3.05) is 13.2 Å². The number of hydrogen-bond donors (Lipinski definition) is 4. The molecule has 0 aromatic carbocycles. The van der Waals surface area contributed by atoms with Crippen LogP contribution in [0.25, 0.3) is 0 Å². The highest BCUT2D eigenvalue weighted by atomic mass is 16.4. The van der Waals surface area contributed by atoms with Crippen LogP contribution in [0.4, 0.5) is 0 Å². The van der Waals surface area contributed by atoms with E-state index in [1.165, 1.54) is 38.5 Å². The normalized spacial score (nSPS) is 14.1. The average Bonchev–Trinajstić information content (AvgIpc) is 2.43. The molecule has 0 radical (unpaired) electrons. The highest BCUT2D eigenvalue weighted by molar-refractivity contribution is 5.81. The molecule has 0 spiro atoms. The van der Waals surface area contributed by atoms with E-state index in [0.717, 1.165) is 12.8 Å². The van der Waals surface area contributed by atoms with Crippen LogP contribution in [-0.2, 0) is 4.79 Å². The van der Waals surface area contributed by atoms with E-state index in [2.05, 4.69) is 12.2 Å². The lowest BCUT2D eigenvalue weighted by Crippen LogP contribution is -2.43. The summed E-state index contributed by atoms with van der Waals surface area (Å²) >= 11 is 0. The lowest BCUT2D eigenvalue weighted by molar-refractivity contribution is -0.136. The van der Waals surface area contributed by atoms with Crippen molar-refractivity contribution in [1.29, 1.82) is 0 Å². The van der Waals surface area contributed by atoms with Gasteiger partial charge in [-0.05, 0) is 6.42 Å². The number of carbonyl (C=O) groups is 1. The first-order valence-electron chi connectivity index (χ1n) is 7.38. The minimum atomic E-state index is -1.54. The second-order valence-corrected chi connectivity index (χ2v) is 4.96. The smallest absolute Gasteiger partial charge is 0.251 e. The molecule has 0 aliphatic rings. The Hall–Kier alpha value is -0.650. The predicted octanol–water partition coefficient (Wildman–Crippen LogP) is 0.957. The molecule has 0 aliphatic carbocycles. The summed E-state index contributed by atoms with van der Waals surface area (Å²) < 4.78 is 0. The van der Waals surface area contributed by atoms with Crippen LogP contribution in [0.5, 0.6) is 0 Å². The molecule has 1 amide bonds. The van der Waals surface area contributed by atoms with Gasteiger partial charge in [-0.2, -0.15) is 0 Å². The van der Waals surface area contributed by atoms with Crippen LogP contribution in [0.2, 0.25) is 0 Å². The summed E-state index contributed by atoms with van der Waals surface area (Å²) in [6.45, 7) is 2.08. The lowest BCUT2D eigenvalue weighted by Gasteiger charge is -2.15. The van der Waals surface area contributed by atoms with Crippen LogP contribution in [-0.4, -0.2) is 46.6 Å². The summed E-state index contributed by atoms with van der Waals surface area (Å²) in [5.41, 5.74) is 0. The summed E-state index contributed by atoms with van der Waals surface area (Å²) in [7, 11) is 0. The molecule has 0 saturated carbocycles. The number of aliphatic hydroxyl groups excluding tert-OH is 3. The number of hydrogen-bond acceptors (Lipinski definition) is 4. The number of amides is 1. The van der Waals surface area contributed by atoms with Crippen molar-refractivity contribution in [1.82, 2.24) is 5.32 Å². The Labute approximate surface area is 116 Å². The van der Waals surface area contributed by atoms with Gasteiger partial charge in [-0.15, -0.1) is 0 Å². The van der Waals surface area contributed by atoms with Gasteiger partial charge in [0.05, 0.1) is 6.61 Å². The first kappa shape index (κ1) is 18.4. The van der Waals surface area contributed by atoms with Crippen molar-refractivity contribution >= 4 is 5.91 Å². The minimum Gasteiger partial charge on any atom is -0.394 e. The maximum atomic E-state index is 11.3. The standard InChI is InChI=1S/C14H29NO4/c1-2-3-4-5-6-7-8-9-10-15-14(19)13(18)12(17)11-16/h12-13,16-18H,2-11H2,1H3,(H,15,19)/t12-,13-/m1/s1. The molecular weight excluding hydrogens is 246 g/mol. The van der Waals surface area contributed by atoms with Crippen molar-refractivity contribution in [3.05, 3.63) is 0 Å². The molecule has 5 heteroatoms. The van der Waals surface area contributed by atoms with Crippen molar-refractivity contribution < 1.29 is 20.1 Å². The van der Waals surface area contributed by atoms with E-state index in [1.807, 2.05) is 0 Å². The minimum absolute atomic E-state index is 0.503. The molecule has 5 nitrogen and oxygen atoms in total. The van der Waals surface area contributed by atoms with Crippen molar-refractivity contribution in [2.45, 2.75) is 70.5 Å². The van der Waals surface area contributed by atoms with Gasteiger partial charge < -0.3 is 20.6 Å². The molecule has 0 heterocycles. The summed E-state index contributed by atoms with van der Waals surface area (Å²) in [5.74, 6) is -0.621. The molecule has 0 fully saturated rings. The summed E-state index contributed by atoms with van der Waals surface area (Å²) in [6.07, 6.45) is 6.54. The third-order valence-corrected chi connectivity index (χ3v) is 3.15. The maximum absolute atomic E-state index is 11.3. The Morgan fingerprint density at radius 2 is 1.53 bits per heavy atom. The van der Waals surface area contributed by atoms with Crippen LogP contribution in [0.3, 0.4) is 0 Å². The van der Waals surface area contributed by atoms with Gasteiger partial charge in [0.2, 0.25) is 0 Å². The van der Waals surface area contributed by atoms with Gasteiger partial charge in [0, 0.05) is 6.54 Å². The van der Waals surface area contributed by atoms with Crippen molar-refractivity contribution in [3.63, 3.8) is 0 Å². The monoisotopic (exact) mass is 275 g/mol. The Kier molecular flexibility index (Phi) is 12.0. The number of nitrogens with one attached hydrogen (secondary N) is 1. The van der Waals surface area contributed by atoms with Crippen LogP contribution in [0.1, 0.15) is 58.3 Å². The molecule has 0 aliphatic heterocycles. The second kappa shape index (κ2) is 12.4. The molecular formula is C14H29NO4. The Bertz CT molecular complexity index is 223. The third-order valence-electron chi connectivity index (χ3n) is 3.15. The van der Waals surface area contributed by atoms with Crippen molar-refractivity contribution in [3.8, 4) is 0 Å². The van der Waals surface area contributed by atoms with Crippen LogP contribution in [0, 0.1) is 0 Å². The third kappa shape index (κ3) is 9.87. The Balaban J connectivity index is 3.36. The van der Waals surface area contributed by atoms with E-state index >= 15 is 0 Å². The fraction of sp³-hybridized carbons (Fsp3) is 0.929. The zero-order valence-corrected chi connectivity index (χ0v) is 12.0. The molecule has 114 valence electrons. The van der Waals surface area contributed by atoms with E-state index in [9.17, 15) is 9.90 Å². The first-order chi connectivity index (χ1) is 9.13. The van der Waals surface area contributed by atoms with E-state index in [4.69, 9.17) is 10.2 Å².